The fourth-order valence-corrected chi connectivity index (χ4v) is 3.28. The Morgan fingerprint density at radius 3 is 2.00 bits per heavy atom. The molecule has 1 saturated heterocycles. The molecule has 23 heavy (non-hydrogen) atoms. The maximum atomic E-state index is 6.12. The second-order valence-corrected chi connectivity index (χ2v) is 5.91. The van der Waals surface area contributed by atoms with Gasteiger partial charge in [-0.2, -0.15) is 0 Å². The predicted octanol–water partition coefficient (Wildman–Crippen LogP) is 1.82. The number of methoxy groups -OCH3 is 3. The minimum Gasteiger partial charge on any atom is -0.496 e. The lowest BCUT2D eigenvalue weighted by molar-refractivity contribution is -0.0803. The normalized spacial score (nSPS) is 23.4. The molecule has 0 spiro atoms. The van der Waals surface area contributed by atoms with E-state index in [2.05, 4.69) is 18.7 Å². The number of rotatable bonds is 6. The van der Waals surface area contributed by atoms with E-state index in [1.807, 2.05) is 12.1 Å². The molecule has 1 fully saturated rings. The van der Waals surface area contributed by atoms with Crippen LogP contribution in [0, 0.1) is 0 Å². The van der Waals surface area contributed by atoms with Crippen molar-refractivity contribution in [2.45, 2.75) is 32.1 Å². The van der Waals surface area contributed by atoms with E-state index in [-0.39, 0.29) is 18.2 Å². The molecule has 6 heteroatoms. The van der Waals surface area contributed by atoms with E-state index in [0.717, 1.165) is 30.2 Å². The molecule has 3 atom stereocenters. The highest BCUT2D eigenvalue weighted by Gasteiger charge is 2.32. The average Bonchev–Trinajstić information content (AvgIpc) is 2.54. The van der Waals surface area contributed by atoms with Crippen molar-refractivity contribution in [2.75, 3.05) is 41.0 Å². The Bertz CT molecular complexity index is 488. The third kappa shape index (κ3) is 3.88. The van der Waals surface area contributed by atoms with Gasteiger partial charge in [0.25, 0.3) is 0 Å². The summed E-state index contributed by atoms with van der Waals surface area (Å²) in [5, 5.41) is 0. The SMILES string of the molecule is COc1cc(OC)c([C@H](CN)N2C[C@H](C)O[C@@H](C)C2)c(OC)c1. The first-order chi connectivity index (χ1) is 11.0. The van der Waals surface area contributed by atoms with Gasteiger partial charge in [0.05, 0.1) is 45.1 Å². The Morgan fingerprint density at radius 2 is 1.61 bits per heavy atom. The van der Waals surface area contributed by atoms with Gasteiger partial charge in [0, 0.05) is 31.8 Å². The Morgan fingerprint density at radius 1 is 1.09 bits per heavy atom. The summed E-state index contributed by atoms with van der Waals surface area (Å²) in [6, 6.07) is 3.74. The zero-order chi connectivity index (χ0) is 17.0. The van der Waals surface area contributed by atoms with Crippen LogP contribution < -0.4 is 19.9 Å². The molecule has 2 rings (SSSR count). The van der Waals surface area contributed by atoms with Crippen molar-refractivity contribution in [3.05, 3.63) is 17.7 Å². The van der Waals surface area contributed by atoms with E-state index < -0.39 is 0 Å². The molecule has 0 amide bonds. The van der Waals surface area contributed by atoms with Crippen LogP contribution in [0.2, 0.25) is 0 Å². The molecule has 1 heterocycles. The van der Waals surface area contributed by atoms with Gasteiger partial charge >= 0.3 is 0 Å². The minimum absolute atomic E-state index is 0.000365. The molecule has 2 N–H and O–H groups in total. The second kappa shape index (κ2) is 7.86. The molecule has 0 aliphatic carbocycles. The number of nitrogens with zero attached hydrogens (tertiary/aromatic N) is 1. The van der Waals surface area contributed by atoms with Crippen LogP contribution in [0.15, 0.2) is 12.1 Å². The smallest absolute Gasteiger partial charge is 0.131 e. The fraction of sp³-hybridized carbons (Fsp3) is 0.647. The molecule has 1 aliphatic rings. The quantitative estimate of drug-likeness (QED) is 0.861. The van der Waals surface area contributed by atoms with Gasteiger partial charge in [-0.1, -0.05) is 0 Å². The summed E-state index contributed by atoms with van der Waals surface area (Å²) in [5.74, 6) is 2.15. The van der Waals surface area contributed by atoms with Crippen LogP contribution >= 0.6 is 0 Å². The van der Waals surface area contributed by atoms with E-state index >= 15 is 0 Å². The topological polar surface area (TPSA) is 66.2 Å². The Balaban J connectivity index is 2.43. The van der Waals surface area contributed by atoms with Crippen LogP contribution in [0.25, 0.3) is 0 Å². The van der Waals surface area contributed by atoms with E-state index in [1.165, 1.54) is 0 Å². The van der Waals surface area contributed by atoms with Crippen LogP contribution in [0.1, 0.15) is 25.5 Å². The molecule has 1 aromatic rings. The molecule has 6 nitrogen and oxygen atoms in total. The lowest BCUT2D eigenvalue weighted by Crippen LogP contribution is -2.48. The van der Waals surface area contributed by atoms with Gasteiger partial charge in [-0.15, -0.1) is 0 Å². The van der Waals surface area contributed by atoms with E-state index in [0.29, 0.717) is 12.3 Å². The average molecular weight is 324 g/mol. The third-order valence-electron chi connectivity index (χ3n) is 4.20. The van der Waals surface area contributed by atoms with Gasteiger partial charge in [0.2, 0.25) is 0 Å². The first-order valence-corrected chi connectivity index (χ1v) is 7.93. The Hall–Kier alpha value is -1.50. The highest BCUT2D eigenvalue weighted by Crippen LogP contribution is 2.40. The summed E-state index contributed by atoms with van der Waals surface area (Å²) in [7, 11) is 4.92. The maximum Gasteiger partial charge on any atom is 0.131 e. The summed E-state index contributed by atoms with van der Waals surface area (Å²) in [5.41, 5.74) is 7.08. The molecule has 1 aliphatic heterocycles. The van der Waals surface area contributed by atoms with Gasteiger partial charge in [0.1, 0.15) is 17.2 Å². The largest absolute Gasteiger partial charge is 0.496 e. The zero-order valence-electron chi connectivity index (χ0n) is 14.7. The molecular weight excluding hydrogens is 296 g/mol. The van der Waals surface area contributed by atoms with Crippen LogP contribution in [-0.4, -0.2) is 58.1 Å². The number of hydrogen-bond acceptors (Lipinski definition) is 6. The number of nitrogens with two attached hydrogens (primary N) is 1. The molecule has 130 valence electrons. The first-order valence-electron chi connectivity index (χ1n) is 7.93. The molecule has 0 saturated carbocycles. The second-order valence-electron chi connectivity index (χ2n) is 5.91. The first kappa shape index (κ1) is 17.8. The van der Waals surface area contributed by atoms with Gasteiger partial charge in [-0.25, -0.2) is 0 Å². The van der Waals surface area contributed by atoms with Crippen molar-refractivity contribution < 1.29 is 18.9 Å². The fourth-order valence-electron chi connectivity index (χ4n) is 3.28. The summed E-state index contributed by atoms with van der Waals surface area (Å²) in [6.07, 6.45) is 0.339. The predicted molar refractivity (Wildman–Crippen MR) is 89.5 cm³/mol. The maximum absolute atomic E-state index is 6.12. The van der Waals surface area contributed by atoms with Crippen molar-refractivity contribution in [2.24, 2.45) is 5.73 Å². The van der Waals surface area contributed by atoms with Gasteiger partial charge in [0.15, 0.2) is 0 Å². The van der Waals surface area contributed by atoms with Crippen molar-refractivity contribution >= 4 is 0 Å². The van der Waals surface area contributed by atoms with Crippen LogP contribution in [0.5, 0.6) is 17.2 Å². The third-order valence-corrected chi connectivity index (χ3v) is 4.20. The summed E-state index contributed by atoms with van der Waals surface area (Å²) < 4.78 is 22.3. The number of morpholine rings is 1. The van der Waals surface area contributed by atoms with Crippen molar-refractivity contribution in [3.63, 3.8) is 0 Å². The Kier molecular flexibility index (Phi) is 6.10. The van der Waals surface area contributed by atoms with Crippen molar-refractivity contribution in [1.29, 1.82) is 0 Å². The van der Waals surface area contributed by atoms with Gasteiger partial charge in [-0.05, 0) is 13.8 Å². The number of hydrogen-bond donors (Lipinski definition) is 1. The van der Waals surface area contributed by atoms with Crippen LogP contribution in [0.4, 0.5) is 0 Å². The lowest BCUT2D eigenvalue weighted by atomic mass is 10.0. The molecule has 1 aromatic carbocycles. The number of ether oxygens (including phenoxy) is 4. The van der Waals surface area contributed by atoms with E-state index in [4.69, 9.17) is 24.7 Å². The van der Waals surface area contributed by atoms with Crippen LogP contribution in [0.3, 0.4) is 0 Å². The van der Waals surface area contributed by atoms with E-state index in [1.54, 1.807) is 21.3 Å². The van der Waals surface area contributed by atoms with Gasteiger partial charge < -0.3 is 24.7 Å². The van der Waals surface area contributed by atoms with Crippen molar-refractivity contribution in [1.82, 2.24) is 4.90 Å². The minimum atomic E-state index is -0.000365. The summed E-state index contributed by atoms with van der Waals surface area (Å²) in [6.45, 7) is 6.28. The van der Waals surface area contributed by atoms with Gasteiger partial charge in [-0.3, -0.25) is 4.90 Å². The standard InChI is InChI=1S/C17H28N2O4/c1-11-9-19(10-12(2)23-11)14(8-18)17-15(21-4)6-13(20-3)7-16(17)22-5/h6-7,11-12,14H,8-10,18H2,1-5H3/t11-,12-,14-/m0/s1. The molecule has 0 unspecified atom stereocenters. The highest BCUT2D eigenvalue weighted by atomic mass is 16.5. The monoisotopic (exact) mass is 324 g/mol. The lowest BCUT2D eigenvalue weighted by Gasteiger charge is -2.40. The van der Waals surface area contributed by atoms with E-state index in [9.17, 15) is 0 Å². The molecule has 0 bridgehead atoms. The molecule has 0 radical (unpaired) electrons. The summed E-state index contributed by atoms with van der Waals surface area (Å²) in [4.78, 5) is 2.34. The zero-order valence-corrected chi connectivity index (χ0v) is 14.7. The molecule has 0 aromatic heterocycles. The highest BCUT2D eigenvalue weighted by molar-refractivity contribution is 5.52. The Labute approximate surface area is 138 Å². The summed E-state index contributed by atoms with van der Waals surface area (Å²) >= 11 is 0. The number of benzene rings is 1. The van der Waals surface area contributed by atoms with Crippen molar-refractivity contribution in [3.8, 4) is 17.2 Å². The molecular formula is C17H28N2O4. The van der Waals surface area contributed by atoms with Crippen LogP contribution in [-0.2, 0) is 4.74 Å².